The minimum absolute atomic E-state index is 0.305. The Labute approximate surface area is 108 Å². The van der Waals surface area contributed by atoms with Crippen molar-refractivity contribution in [2.24, 2.45) is 0 Å². The van der Waals surface area contributed by atoms with Gasteiger partial charge in [0.25, 0.3) is 0 Å². The number of halogens is 2. The van der Waals surface area contributed by atoms with Crippen molar-refractivity contribution >= 4 is 34.8 Å². The fourth-order valence-corrected chi connectivity index (χ4v) is 2.15. The maximum absolute atomic E-state index is 11.8. The van der Waals surface area contributed by atoms with Crippen molar-refractivity contribution in [3.8, 4) is 0 Å². The second-order valence-electron chi connectivity index (χ2n) is 3.47. The van der Waals surface area contributed by atoms with Crippen molar-refractivity contribution in [2.75, 3.05) is 6.61 Å². The highest BCUT2D eigenvalue weighted by Crippen LogP contribution is 2.24. The smallest absolute Gasteiger partial charge is 0.357 e. The third kappa shape index (κ3) is 2.10. The molecule has 17 heavy (non-hydrogen) atoms. The summed E-state index contributed by atoms with van der Waals surface area (Å²) in [5.41, 5.74) is 1.41. The summed E-state index contributed by atoms with van der Waals surface area (Å²) in [6.45, 7) is 3.78. The molecule has 2 aromatic heterocycles. The lowest BCUT2D eigenvalue weighted by Crippen LogP contribution is -2.09. The monoisotopic (exact) mass is 272 g/mol. The van der Waals surface area contributed by atoms with Crippen LogP contribution in [0.5, 0.6) is 0 Å². The molecule has 0 atom stereocenters. The van der Waals surface area contributed by atoms with Gasteiger partial charge in [0.2, 0.25) is 0 Å². The van der Waals surface area contributed by atoms with Gasteiger partial charge in [0.15, 0.2) is 11.3 Å². The van der Waals surface area contributed by atoms with E-state index in [0.29, 0.717) is 33.7 Å². The lowest BCUT2D eigenvalue weighted by atomic mass is 10.3. The molecule has 0 spiro atoms. The molecule has 6 heteroatoms. The molecule has 0 aromatic carbocycles. The number of esters is 1. The third-order valence-corrected chi connectivity index (χ3v) is 2.77. The number of aromatic nitrogens is 2. The SMILES string of the molecule is CCOC(=O)c1c(C)nc2c(Cl)cc(Cl)cn12. The fourth-order valence-electron chi connectivity index (χ4n) is 1.63. The van der Waals surface area contributed by atoms with Gasteiger partial charge < -0.3 is 4.74 Å². The zero-order chi connectivity index (χ0) is 12.6. The minimum atomic E-state index is -0.434. The van der Waals surface area contributed by atoms with E-state index in [1.807, 2.05) is 0 Å². The molecule has 90 valence electrons. The minimum Gasteiger partial charge on any atom is -0.461 e. The van der Waals surface area contributed by atoms with Crippen molar-refractivity contribution in [1.29, 1.82) is 0 Å². The van der Waals surface area contributed by atoms with Gasteiger partial charge in [-0.15, -0.1) is 0 Å². The summed E-state index contributed by atoms with van der Waals surface area (Å²) in [6.07, 6.45) is 1.59. The molecule has 2 aromatic rings. The van der Waals surface area contributed by atoms with Crippen LogP contribution in [-0.4, -0.2) is 22.0 Å². The molecule has 0 radical (unpaired) electrons. The number of fused-ring (bicyclic) bond motifs is 1. The number of ether oxygens (including phenoxy) is 1. The highest BCUT2D eigenvalue weighted by molar-refractivity contribution is 6.36. The highest BCUT2D eigenvalue weighted by atomic mass is 35.5. The van der Waals surface area contributed by atoms with Crippen LogP contribution in [0.25, 0.3) is 5.65 Å². The first-order chi connectivity index (χ1) is 8.04. The Kier molecular flexibility index (Phi) is 3.26. The van der Waals surface area contributed by atoms with E-state index in [1.165, 1.54) is 0 Å². The first kappa shape index (κ1) is 12.2. The van der Waals surface area contributed by atoms with Crippen molar-refractivity contribution in [1.82, 2.24) is 9.38 Å². The Bertz CT molecular complexity index is 593. The maximum Gasteiger partial charge on any atom is 0.357 e. The van der Waals surface area contributed by atoms with Crippen LogP contribution in [0.15, 0.2) is 12.3 Å². The number of nitrogens with zero attached hydrogens (tertiary/aromatic N) is 2. The van der Waals surface area contributed by atoms with Gasteiger partial charge in [0.1, 0.15) is 0 Å². The number of hydrogen-bond acceptors (Lipinski definition) is 3. The van der Waals surface area contributed by atoms with E-state index in [9.17, 15) is 4.79 Å². The summed E-state index contributed by atoms with van der Waals surface area (Å²) in [5.74, 6) is -0.434. The predicted octanol–water partition coefficient (Wildman–Crippen LogP) is 3.13. The number of pyridine rings is 1. The van der Waals surface area contributed by atoms with Crippen LogP contribution in [0.2, 0.25) is 10.0 Å². The van der Waals surface area contributed by atoms with E-state index in [4.69, 9.17) is 27.9 Å². The van der Waals surface area contributed by atoms with Crippen LogP contribution < -0.4 is 0 Å². The third-order valence-electron chi connectivity index (χ3n) is 2.28. The van der Waals surface area contributed by atoms with Crippen molar-refractivity contribution in [3.05, 3.63) is 33.7 Å². The second-order valence-corrected chi connectivity index (χ2v) is 4.31. The summed E-state index contributed by atoms with van der Waals surface area (Å²) in [7, 11) is 0. The largest absolute Gasteiger partial charge is 0.461 e. The zero-order valence-electron chi connectivity index (χ0n) is 9.33. The molecule has 0 fully saturated rings. The molecule has 0 bridgehead atoms. The van der Waals surface area contributed by atoms with E-state index in [1.54, 1.807) is 30.5 Å². The van der Waals surface area contributed by atoms with Crippen molar-refractivity contribution < 1.29 is 9.53 Å². The molecule has 0 amide bonds. The van der Waals surface area contributed by atoms with Crippen LogP contribution in [0.1, 0.15) is 23.1 Å². The van der Waals surface area contributed by atoms with Crippen LogP contribution in [0, 0.1) is 6.92 Å². The summed E-state index contributed by atoms with van der Waals surface area (Å²) < 4.78 is 6.52. The van der Waals surface area contributed by atoms with Crippen LogP contribution in [0.3, 0.4) is 0 Å². The number of hydrogen-bond donors (Lipinski definition) is 0. The Morgan fingerprint density at radius 1 is 1.53 bits per heavy atom. The number of imidazole rings is 1. The van der Waals surface area contributed by atoms with Crippen molar-refractivity contribution in [2.45, 2.75) is 13.8 Å². The lowest BCUT2D eigenvalue weighted by Gasteiger charge is -2.03. The van der Waals surface area contributed by atoms with Gasteiger partial charge in [-0.1, -0.05) is 23.2 Å². The summed E-state index contributed by atoms with van der Waals surface area (Å²) in [5, 5.41) is 0.835. The molecular formula is C11H10Cl2N2O2. The topological polar surface area (TPSA) is 43.6 Å². The quantitative estimate of drug-likeness (QED) is 0.789. The zero-order valence-corrected chi connectivity index (χ0v) is 10.8. The number of aryl methyl sites for hydroxylation is 1. The van der Waals surface area contributed by atoms with Gasteiger partial charge in [-0.3, -0.25) is 4.40 Å². The molecule has 0 saturated carbocycles. The Morgan fingerprint density at radius 3 is 2.88 bits per heavy atom. The van der Waals surface area contributed by atoms with Crippen molar-refractivity contribution in [3.63, 3.8) is 0 Å². The first-order valence-corrected chi connectivity index (χ1v) is 5.81. The van der Waals surface area contributed by atoms with Gasteiger partial charge in [-0.2, -0.15) is 0 Å². The average Bonchev–Trinajstić information content (AvgIpc) is 2.55. The van der Waals surface area contributed by atoms with Gasteiger partial charge in [0.05, 0.1) is 22.3 Å². The Balaban J connectivity index is 2.70. The van der Waals surface area contributed by atoms with E-state index >= 15 is 0 Å². The molecule has 0 aliphatic rings. The number of carbonyl (C=O) groups excluding carboxylic acids is 1. The highest BCUT2D eigenvalue weighted by Gasteiger charge is 2.19. The van der Waals surface area contributed by atoms with E-state index < -0.39 is 5.97 Å². The predicted molar refractivity (Wildman–Crippen MR) is 65.9 cm³/mol. The number of carbonyl (C=O) groups is 1. The summed E-state index contributed by atoms with van der Waals surface area (Å²) in [4.78, 5) is 16.0. The molecule has 0 saturated heterocycles. The molecule has 0 aliphatic carbocycles. The normalized spacial score (nSPS) is 10.8. The molecule has 2 rings (SSSR count). The van der Waals surface area contributed by atoms with Gasteiger partial charge in [0, 0.05) is 6.20 Å². The van der Waals surface area contributed by atoms with E-state index in [-0.39, 0.29) is 0 Å². The standard InChI is InChI=1S/C11H10Cl2N2O2/c1-3-17-11(16)9-6(2)14-10-8(13)4-7(12)5-15(9)10/h4-5H,3H2,1-2H3. The first-order valence-electron chi connectivity index (χ1n) is 5.05. The lowest BCUT2D eigenvalue weighted by molar-refractivity contribution is 0.0517. The van der Waals surface area contributed by atoms with Gasteiger partial charge >= 0.3 is 5.97 Å². The van der Waals surface area contributed by atoms with E-state index in [2.05, 4.69) is 4.98 Å². The Hall–Kier alpha value is -1.26. The molecule has 0 N–H and O–H groups in total. The molecule has 4 nitrogen and oxygen atoms in total. The van der Waals surface area contributed by atoms with Crippen LogP contribution >= 0.6 is 23.2 Å². The summed E-state index contributed by atoms with van der Waals surface area (Å²) >= 11 is 11.9. The summed E-state index contributed by atoms with van der Waals surface area (Å²) in [6, 6.07) is 1.58. The fraction of sp³-hybridized carbons (Fsp3) is 0.273. The maximum atomic E-state index is 11.8. The average molecular weight is 273 g/mol. The molecule has 0 unspecified atom stereocenters. The van der Waals surface area contributed by atoms with E-state index in [0.717, 1.165) is 0 Å². The molecule has 2 heterocycles. The van der Waals surface area contributed by atoms with Gasteiger partial charge in [-0.05, 0) is 19.9 Å². The van der Waals surface area contributed by atoms with Gasteiger partial charge in [-0.25, -0.2) is 9.78 Å². The molecular weight excluding hydrogens is 263 g/mol. The van der Waals surface area contributed by atoms with Crippen LogP contribution in [0.4, 0.5) is 0 Å². The second kappa shape index (κ2) is 4.55. The number of rotatable bonds is 2. The van der Waals surface area contributed by atoms with Crippen LogP contribution in [-0.2, 0) is 4.74 Å². The molecule has 0 aliphatic heterocycles. The Morgan fingerprint density at radius 2 is 2.24 bits per heavy atom.